The van der Waals surface area contributed by atoms with Gasteiger partial charge in [0.1, 0.15) is 23.7 Å². The lowest BCUT2D eigenvalue weighted by molar-refractivity contribution is -0.128. The molecular formula is C43H45Cl2N9O5S. The van der Waals surface area contributed by atoms with Crippen molar-refractivity contribution in [3.05, 3.63) is 105 Å². The summed E-state index contributed by atoms with van der Waals surface area (Å²) in [5.74, 6) is -0.249. The van der Waals surface area contributed by atoms with Crippen molar-refractivity contribution < 1.29 is 23.9 Å². The standard InChI is InChI=1S/C43H45Cl2N9O5S/c1-3-5-35(40(56)50-24-55)54-41(57)29-6-4-7-34(38(29)42(54)58)51-14-12-28(13-15-51)60-53-22-43(23-53)20-52(21-43)36-11-8-26(17-49-36)39(47)30-16-27(9-10-33(30)46)59-25(2)37-31(44)18-48-19-32(37)45/h4,6-11,16-19,24-25,28,35,47H,3,5,12-15,20-23,46H2,1-2H3,(H,50,55,56)/t25-,35?/m1/s1. The number of amides is 4. The zero-order chi connectivity index (χ0) is 42.3. The molecule has 4 N–H and O–H groups in total. The van der Waals surface area contributed by atoms with Gasteiger partial charge in [-0.15, -0.1) is 0 Å². The zero-order valence-electron chi connectivity index (χ0n) is 33.2. The monoisotopic (exact) mass is 869 g/mol. The van der Waals surface area contributed by atoms with Gasteiger partial charge in [-0.3, -0.25) is 39.8 Å². The van der Waals surface area contributed by atoms with Crippen LogP contribution in [0.5, 0.6) is 5.75 Å². The van der Waals surface area contributed by atoms with Crippen molar-refractivity contribution in [2.75, 3.05) is 54.8 Å². The highest BCUT2D eigenvalue weighted by Crippen LogP contribution is 2.46. The quantitative estimate of drug-likeness (QED) is 0.0419. The fraction of sp³-hybridized carbons (Fsp3) is 0.372. The SMILES string of the molecule is CCCC(C(=O)NC=O)N1C(=O)c2cccc(N3CCC(SN4CC5(C4)CN(c4ccc(C(=N)c6cc(O[C@H](C)c7c(Cl)cncc7Cl)ccc6N)cn4)C5)CC3)c2C1=O. The number of piperidine rings is 1. The van der Waals surface area contributed by atoms with E-state index >= 15 is 0 Å². The topological polar surface area (TPSA) is 178 Å². The Morgan fingerprint density at radius 2 is 1.77 bits per heavy atom. The number of carbonyl (C=O) groups is 4. The molecule has 3 fully saturated rings. The van der Waals surface area contributed by atoms with Gasteiger partial charge in [0.25, 0.3) is 11.8 Å². The summed E-state index contributed by atoms with van der Waals surface area (Å²) >= 11 is 14.6. The molecule has 60 heavy (non-hydrogen) atoms. The molecule has 0 saturated carbocycles. The molecule has 4 aromatic rings. The fourth-order valence-electron chi connectivity index (χ4n) is 8.73. The first-order valence-corrected chi connectivity index (χ1v) is 21.6. The summed E-state index contributed by atoms with van der Waals surface area (Å²) < 4.78 is 8.61. The van der Waals surface area contributed by atoms with E-state index in [0.717, 1.165) is 62.8 Å². The molecule has 14 nitrogen and oxygen atoms in total. The number of imide groups is 2. The molecule has 3 saturated heterocycles. The number of nitrogens with one attached hydrogen (secondary N) is 2. The van der Waals surface area contributed by atoms with Crippen LogP contribution in [0.1, 0.15) is 83.0 Å². The summed E-state index contributed by atoms with van der Waals surface area (Å²) in [5.41, 5.74) is 10.4. The molecule has 0 radical (unpaired) electrons. The molecule has 2 aromatic heterocycles. The van der Waals surface area contributed by atoms with E-state index in [1.165, 1.54) is 12.4 Å². The first-order valence-electron chi connectivity index (χ1n) is 20.0. The van der Waals surface area contributed by atoms with Crippen LogP contribution in [0.25, 0.3) is 0 Å². The van der Waals surface area contributed by atoms with Gasteiger partial charge in [-0.2, -0.15) is 0 Å². The van der Waals surface area contributed by atoms with Crippen LogP contribution >= 0.6 is 35.1 Å². The maximum atomic E-state index is 13.7. The van der Waals surface area contributed by atoms with Gasteiger partial charge in [0.15, 0.2) is 0 Å². The Labute approximate surface area is 362 Å². The van der Waals surface area contributed by atoms with Crippen LogP contribution in [0.15, 0.2) is 67.1 Å². The van der Waals surface area contributed by atoms with Gasteiger partial charge in [-0.05, 0) is 68.7 Å². The smallest absolute Gasteiger partial charge is 0.264 e. The van der Waals surface area contributed by atoms with Crippen LogP contribution in [0.4, 0.5) is 17.2 Å². The van der Waals surface area contributed by atoms with E-state index < -0.39 is 29.9 Å². The van der Waals surface area contributed by atoms with Crippen LogP contribution < -0.4 is 25.6 Å². The summed E-state index contributed by atoms with van der Waals surface area (Å²) in [5, 5.41) is 12.3. The number of aromatic nitrogens is 2. The summed E-state index contributed by atoms with van der Waals surface area (Å²) in [7, 11) is 0. The van der Waals surface area contributed by atoms with Crippen LogP contribution in [-0.4, -0.2) is 99.6 Å². The maximum absolute atomic E-state index is 13.7. The number of ether oxygens (including phenoxy) is 1. The molecule has 8 rings (SSSR count). The van der Waals surface area contributed by atoms with E-state index in [0.29, 0.717) is 66.7 Å². The molecule has 0 bridgehead atoms. The number of nitrogens with two attached hydrogens (primary N) is 1. The maximum Gasteiger partial charge on any atom is 0.264 e. The largest absolute Gasteiger partial charge is 0.486 e. The van der Waals surface area contributed by atoms with Crippen molar-refractivity contribution in [3.8, 4) is 5.75 Å². The number of halogens is 2. The Balaban J connectivity index is 0.813. The Hall–Kier alpha value is -5.22. The lowest BCUT2D eigenvalue weighted by Crippen LogP contribution is -2.71. The van der Waals surface area contributed by atoms with E-state index in [9.17, 15) is 19.2 Å². The first-order chi connectivity index (χ1) is 28.9. The number of rotatable bonds is 14. The second-order valence-electron chi connectivity index (χ2n) is 15.9. The van der Waals surface area contributed by atoms with Crippen molar-refractivity contribution in [1.29, 1.82) is 5.41 Å². The average molecular weight is 871 g/mol. The van der Waals surface area contributed by atoms with Gasteiger partial charge in [0, 0.05) is 90.9 Å². The third-order valence-corrected chi connectivity index (χ3v) is 13.7. The predicted molar refractivity (Wildman–Crippen MR) is 233 cm³/mol. The lowest BCUT2D eigenvalue weighted by Gasteiger charge is -2.60. The van der Waals surface area contributed by atoms with Crippen LogP contribution in [-0.2, 0) is 9.59 Å². The molecule has 1 unspecified atom stereocenters. The zero-order valence-corrected chi connectivity index (χ0v) is 35.5. The molecule has 2 aromatic carbocycles. The average Bonchev–Trinajstić information content (AvgIpc) is 3.46. The van der Waals surface area contributed by atoms with E-state index in [2.05, 4.69) is 24.4 Å². The van der Waals surface area contributed by atoms with Gasteiger partial charge >= 0.3 is 0 Å². The van der Waals surface area contributed by atoms with Crippen molar-refractivity contribution in [2.24, 2.45) is 5.41 Å². The molecule has 4 aliphatic heterocycles. The second-order valence-corrected chi connectivity index (χ2v) is 18.1. The number of nitrogens with zero attached hydrogens (tertiary/aromatic N) is 6. The third-order valence-electron chi connectivity index (χ3n) is 11.7. The van der Waals surface area contributed by atoms with E-state index in [1.807, 2.05) is 44.0 Å². The Kier molecular flexibility index (Phi) is 11.8. The van der Waals surface area contributed by atoms with E-state index in [-0.39, 0.29) is 24.0 Å². The molecule has 0 aliphatic carbocycles. The summed E-state index contributed by atoms with van der Waals surface area (Å²) in [6.45, 7) is 9.03. The minimum absolute atomic E-state index is 0.235. The number of fused-ring (bicyclic) bond motifs is 1. The van der Waals surface area contributed by atoms with Crippen molar-refractivity contribution in [2.45, 2.75) is 56.9 Å². The van der Waals surface area contributed by atoms with Gasteiger partial charge in [0.2, 0.25) is 12.3 Å². The van der Waals surface area contributed by atoms with Crippen molar-refractivity contribution >= 4 is 82.2 Å². The molecule has 6 heterocycles. The van der Waals surface area contributed by atoms with Crippen molar-refractivity contribution in [3.63, 3.8) is 0 Å². The van der Waals surface area contributed by atoms with Gasteiger partial charge in [-0.25, -0.2) is 9.29 Å². The number of pyridine rings is 2. The van der Waals surface area contributed by atoms with Crippen molar-refractivity contribution in [1.82, 2.24) is 24.5 Å². The second kappa shape index (κ2) is 17.0. The van der Waals surface area contributed by atoms with E-state index in [1.54, 1.807) is 36.5 Å². The number of hydrogen-bond donors (Lipinski definition) is 3. The summed E-state index contributed by atoms with van der Waals surface area (Å²) in [6, 6.07) is 13.3. The van der Waals surface area contributed by atoms with E-state index in [4.69, 9.17) is 44.1 Å². The number of hydrogen-bond acceptors (Lipinski definition) is 13. The normalized spacial score (nSPS) is 18.4. The van der Waals surface area contributed by atoms with Gasteiger partial charge in [0.05, 0.1) is 32.6 Å². The van der Waals surface area contributed by atoms with Crippen LogP contribution in [0, 0.1) is 10.8 Å². The minimum atomic E-state index is -1.05. The third kappa shape index (κ3) is 7.91. The van der Waals surface area contributed by atoms with Crippen LogP contribution in [0.3, 0.4) is 0 Å². The molecule has 2 atom stereocenters. The lowest BCUT2D eigenvalue weighted by atomic mass is 9.74. The molecule has 4 amide bonds. The van der Waals surface area contributed by atoms with Gasteiger partial charge in [-0.1, -0.05) is 54.6 Å². The number of benzene rings is 2. The summed E-state index contributed by atoms with van der Waals surface area (Å²) in [4.78, 5) is 65.0. The highest BCUT2D eigenvalue weighted by Gasteiger charge is 2.53. The van der Waals surface area contributed by atoms with Gasteiger partial charge < -0.3 is 20.3 Å². The Morgan fingerprint density at radius 1 is 1.03 bits per heavy atom. The Morgan fingerprint density at radius 3 is 2.43 bits per heavy atom. The Bertz CT molecular complexity index is 2330. The number of nitrogen functional groups attached to an aromatic ring is 1. The molecule has 312 valence electrons. The molecule has 4 aliphatic rings. The summed E-state index contributed by atoms with van der Waals surface area (Å²) in [6.07, 6.45) is 7.27. The first kappa shape index (κ1) is 41.5. The highest BCUT2D eigenvalue weighted by molar-refractivity contribution is 7.97. The number of anilines is 3. The number of carbonyl (C=O) groups excluding carboxylic acids is 4. The molecule has 17 heteroatoms. The predicted octanol–water partition coefficient (Wildman–Crippen LogP) is 6.40. The molecular weight excluding hydrogens is 826 g/mol. The van der Waals surface area contributed by atoms with Crippen LogP contribution in [0.2, 0.25) is 10.0 Å². The molecule has 1 spiro atoms. The minimum Gasteiger partial charge on any atom is -0.486 e. The fourth-order valence-corrected chi connectivity index (χ4v) is 10.9. The highest BCUT2D eigenvalue weighted by atomic mass is 35.5.